The number of methoxy groups -OCH3 is 1. The molecule has 0 aromatic carbocycles. The number of ketones is 1. The molecule has 26 heavy (non-hydrogen) atoms. The Morgan fingerprint density at radius 1 is 1.08 bits per heavy atom. The Balaban J connectivity index is 2.82. The minimum absolute atomic E-state index is 0.00494. The van der Waals surface area contributed by atoms with Gasteiger partial charge < -0.3 is 14.9 Å². The second-order valence-corrected chi connectivity index (χ2v) is 7.37. The van der Waals surface area contributed by atoms with E-state index in [1.165, 1.54) is 7.11 Å². The van der Waals surface area contributed by atoms with Crippen molar-refractivity contribution in [3.05, 3.63) is 11.3 Å². The summed E-state index contributed by atoms with van der Waals surface area (Å²) in [5.74, 6) is -1.52. The summed E-state index contributed by atoms with van der Waals surface area (Å²) in [4.78, 5) is 38.8. The fraction of sp³-hybridized carbons (Fsp3) is 0.684. The average molecular weight is 367 g/mol. The molecule has 1 aliphatic carbocycles. The van der Waals surface area contributed by atoms with Gasteiger partial charge in [0.2, 0.25) is 0 Å². The second kappa shape index (κ2) is 10.1. The van der Waals surface area contributed by atoms with Crippen molar-refractivity contribution in [2.24, 2.45) is 10.4 Å². The van der Waals surface area contributed by atoms with Gasteiger partial charge in [0.05, 0.1) is 19.1 Å². The van der Waals surface area contributed by atoms with Gasteiger partial charge in [0, 0.05) is 31.5 Å². The Morgan fingerprint density at radius 2 is 1.77 bits per heavy atom. The summed E-state index contributed by atoms with van der Waals surface area (Å²) < 4.78 is 4.56. The summed E-state index contributed by atoms with van der Waals surface area (Å²) in [6.07, 6.45) is 3.15. The smallest absolute Gasteiger partial charge is 0.305 e. The van der Waals surface area contributed by atoms with E-state index in [2.05, 4.69) is 9.73 Å². The lowest BCUT2D eigenvalue weighted by molar-refractivity contribution is -0.141. The van der Waals surface area contributed by atoms with Crippen LogP contribution in [0, 0.1) is 5.41 Å². The molecule has 0 spiro atoms. The van der Waals surface area contributed by atoms with Crippen LogP contribution in [-0.4, -0.2) is 47.3 Å². The lowest BCUT2D eigenvalue weighted by Gasteiger charge is -2.31. The molecule has 1 fully saturated rings. The molecule has 7 heteroatoms. The SMILES string of the molecule is COC(=O)CCC(O)=C1C(=O)CC(C)(C)CC1=NCCCCCC(=O)O. The molecule has 0 saturated heterocycles. The largest absolute Gasteiger partial charge is 0.511 e. The Morgan fingerprint density at radius 3 is 2.38 bits per heavy atom. The summed E-state index contributed by atoms with van der Waals surface area (Å²) in [6, 6.07) is 0. The summed E-state index contributed by atoms with van der Waals surface area (Å²) in [5.41, 5.74) is 0.580. The number of allylic oxidation sites excluding steroid dienone is 2. The molecule has 0 aromatic heterocycles. The number of aliphatic hydroxyl groups is 1. The number of rotatable bonds is 9. The number of aliphatic imine (C=N–C) groups is 1. The van der Waals surface area contributed by atoms with E-state index >= 15 is 0 Å². The Kier molecular flexibility index (Phi) is 8.48. The van der Waals surface area contributed by atoms with Gasteiger partial charge in [-0.3, -0.25) is 19.4 Å². The molecule has 0 amide bonds. The minimum Gasteiger partial charge on any atom is -0.511 e. The Labute approximate surface area is 154 Å². The molecule has 1 aliphatic rings. The van der Waals surface area contributed by atoms with E-state index in [-0.39, 0.29) is 41.8 Å². The van der Waals surface area contributed by atoms with Gasteiger partial charge in [-0.25, -0.2) is 0 Å². The van der Waals surface area contributed by atoms with Crippen LogP contribution in [0.25, 0.3) is 0 Å². The summed E-state index contributed by atoms with van der Waals surface area (Å²) in [6.45, 7) is 4.44. The molecule has 0 heterocycles. The zero-order chi connectivity index (χ0) is 19.7. The number of nitrogens with zero attached hydrogens (tertiary/aromatic N) is 1. The molecule has 0 aliphatic heterocycles. The number of carbonyl (C=O) groups is 3. The highest BCUT2D eigenvalue weighted by molar-refractivity contribution is 6.24. The fourth-order valence-corrected chi connectivity index (χ4v) is 2.98. The first-order valence-corrected chi connectivity index (χ1v) is 8.94. The van der Waals surface area contributed by atoms with Crippen molar-refractivity contribution in [2.75, 3.05) is 13.7 Å². The van der Waals surface area contributed by atoms with Crippen LogP contribution in [0.2, 0.25) is 0 Å². The zero-order valence-corrected chi connectivity index (χ0v) is 15.8. The maximum Gasteiger partial charge on any atom is 0.305 e. The molecule has 7 nitrogen and oxygen atoms in total. The highest BCUT2D eigenvalue weighted by Crippen LogP contribution is 2.35. The van der Waals surface area contributed by atoms with Gasteiger partial charge in [-0.05, 0) is 24.7 Å². The van der Waals surface area contributed by atoms with E-state index < -0.39 is 11.9 Å². The monoisotopic (exact) mass is 367 g/mol. The molecule has 0 aromatic rings. The van der Waals surface area contributed by atoms with E-state index in [9.17, 15) is 19.5 Å². The number of carboxylic acid groups (broad SMARTS) is 1. The van der Waals surface area contributed by atoms with Gasteiger partial charge in [-0.15, -0.1) is 0 Å². The van der Waals surface area contributed by atoms with Crippen LogP contribution >= 0.6 is 0 Å². The van der Waals surface area contributed by atoms with Crippen LogP contribution in [0.5, 0.6) is 0 Å². The van der Waals surface area contributed by atoms with Gasteiger partial charge in [-0.1, -0.05) is 20.3 Å². The van der Waals surface area contributed by atoms with Crippen LogP contribution in [0.3, 0.4) is 0 Å². The molecule has 0 atom stereocenters. The third-order valence-corrected chi connectivity index (χ3v) is 4.29. The molecule has 1 saturated carbocycles. The van der Waals surface area contributed by atoms with Crippen LogP contribution < -0.4 is 0 Å². The van der Waals surface area contributed by atoms with E-state index in [1.807, 2.05) is 13.8 Å². The predicted molar refractivity (Wildman–Crippen MR) is 97.3 cm³/mol. The molecule has 0 bridgehead atoms. The fourth-order valence-electron chi connectivity index (χ4n) is 2.98. The summed E-state index contributed by atoms with van der Waals surface area (Å²) in [7, 11) is 1.28. The quantitative estimate of drug-likeness (QED) is 0.280. The number of carbonyl (C=O) groups excluding carboxylic acids is 2. The normalized spacial score (nSPS) is 20.1. The number of Topliss-reactive ketones (excluding diaryl/α,β-unsaturated/α-hetero) is 1. The first kappa shape index (κ1) is 21.9. The standard InChI is InChI=1S/C19H29NO6/c1-19(2)11-13(20-10-6-4-5-7-16(23)24)18(15(22)12-19)14(21)8-9-17(25)26-3/h21H,4-12H2,1-3H3,(H,23,24). The Hall–Kier alpha value is -2.18. The number of aliphatic carboxylic acids is 1. The molecule has 0 radical (unpaired) electrons. The van der Waals surface area contributed by atoms with E-state index in [0.29, 0.717) is 31.5 Å². The predicted octanol–water partition coefficient (Wildman–Crippen LogP) is 3.23. The van der Waals surface area contributed by atoms with Gasteiger partial charge in [0.1, 0.15) is 5.76 Å². The van der Waals surface area contributed by atoms with Crippen molar-refractivity contribution >= 4 is 23.4 Å². The molecule has 0 unspecified atom stereocenters. The topological polar surface area (TPSA) is 113 Å². The highest BCUT2D eigenvalue weighted by Gasteiger charge is 2.36. The number of carboxylic acids is 1. The summed E-state index contributed by atoms with van der Waals surface area (Å²) in [5, 5.41) is 19.0. The molecule has 146 valence electrons. The van der Waals surface area contributed by atoms with Crippen molar-refractivity contribution < 1.29 is 29.3 Å². The highest BCUT2D eigenvalue weighted by atomic mass is 16.5. The molecular weight excluding hydrogens is 338 g/mol. The Bertz CT molecular complexity index is 603. The first-order valence-electron chi connectivity index (χ1n) is 8.94. The lowest BCUT2D eigenvalue weighted by atomic mass is 9.73. The van der Waals surface area contributed by atoms with E-state index in [1.54, 1.807) is 0 Å². The third-order valence-electron chi connectivity index (χ3n) is 4.29. The zero-order valence-electron chi connectivity index (χ0n) is 15.8. The average Bonchev–Trinajstić information content (AvgIpc) is 2.53. The van der Waals surface area contributed by atoms with Crippen LogP contribution in [0.15, 0.2) is 16.3 Å². The summed E-state index contributed by atoms with van der Waals surface area (Å²) >= 11 is 0. The van der Waals surface area contributed by atoms with Crippen molar-refractivity contribution in [3.63, 3.8) is 0 Å². The van der Waals surface area contributed by atoms with Gasteiger partial charge in [0.15, 0.2) is 5.78 Å². The lowest BCUT2D eigenvalue weighted by Crippen LogP contribution is -2.33. The van der Waals surface area contributed by atoms with Crippen LogP contribution in [-0.2, 0) is 19.1 Å². The van der Waals surface area contributed by atoms with Crippen molar-refractivity contribution in [2.45, 2.75) is 65.2 Å². The number of hydrogen-bond acceptors (Lipinski definition) is 6. The van der Waals surface area contributed by atoms with E-state index in [0.717, 1.165) is 12.8 Å². The second-order valence-electron chi connectivity index (χ2n) is 7.37. The van der Waals surface area contributed by atoms with Crippen molar-refractivity contribution in [3.8, 4) is 0 Å². The molecular formula is C19H29NO6. The van der Waals surface area contributed by atoms with Gasteiger partial charge >= 0.3 is 11.9 Å². The van der Waals surface area contributed by atoms with Gasteiger partial charge in [0.25, 0.3) is 0 Å². The van der Waals surface area contributed by atoms with Crippen LogP contribution in [0.4, 0.5) is 0 Å². The maximum atomic E-state index is 12.5. The van der Waals surface area contributed by atoms with Gasteiger partial charge in [-0.2, -0.15) is 0 Å². The van der Waals surface area contributed by atoms with Crippen molar-refractivity contribution in [1.82, 2.24) is 0 Å². The number of hydrogen-bond donors (Lipinski definition) is 2. The number of aliphatic hydroxyl groups excluding tert-OH is 1. The first-order chi connectivity index (χ1) is 12.2. The third kappa shape index (κ3) is 7.37. The van der Waals surface area contributed by atoms with E-state index in [4.69, 9.17) is 5.11 Å². The number of ether oxygens (including phenoxy) is 1. The molecule has 1 rings (SSSR count). The van der Waals surface area contributed by atoms with Crippen molar-refractivity contribution in [1.29, 1.82) is 0 Å². The molecule has 2 N–H and O–H groups in total. The van der Waals surface area contributed by atoms with Crippen LogP contribution in [0.1, 0.15) is 65.2 Å². The number of unbranched alkanes of at least 4 members (excludes halogenated alkanes) is 2. The minimum atomic E-state index is -0.809. The maximum absolute atomic E-state index is 12.5. The number of esters is 1.